The molecule has 2 rings (SSSR count). The monoisotopic (exact) mass is 493 g/mol. The van der Waals surface area contributed by atoms with E-state index in [9.17, 15) is 4.79 Å². The van der Waals surface area contributed by atoms with Gasteiger partial charge in [-0.1, -0.05) is 26.7 Å². The summed E-state index contributed by atoms with van der Waals surface area (Å²) in [5, 5.41) is 6.96. The Kier molecular flexibility index (Phi) is 10.4. The number of rotatable bonds is 7. The lowest BCUT2D eigenvalue weighted by Gasteiger charge is -2.33. The molecule has 1 saturated carbocycles. The third-order valence-electron chi connectivity index (χ3n) is 6.10. The number of guanidine groups is 1. The molecule has 2 N–H and O–H groups in total. The fourth-order valence-corrected chi connectivity index (χ4v) is 4.53. The van der Waals surface area contributed by atoms with Crippen LogP contribution in [-0.2, 0) is 4.79 Å². The number of nitrogens with zero attached hydrogens (tertiary/aromatic N) is 3. The Balaban J connectivity index is 0.00000364. The van der Waals surface area contributed by atoms with Gasteiger partial charge in [0.05, 0.1) is 5.41 Å². The highest BCUT2D eigenvalue weighted by Crippen LogP contribution is 2.38. The van der Waals surface area contributed by atoms with Crippen LogP contribution in [0.5, 0.6) is 0 Å². The summed E-state index contributed by atoms with van der Waals surface area (Å²) in [5.74, 6) is 1.66. The SMILES string of the molecule is CN=C(NCC(C(C)C)N1CCCC1)NCC1(C(=O)N(C)C)CCCC1.I. The van der Waals surface area contributed by atoms with Crippen molar-refractivity contribution in [2.45, 2.75) is 58.4 Å². The van der Waals surface area contributed by atoms with Crippen molar-refractivity contribution >= 4 is 35.8 Å². The second-order valence-electron chi connectivity index (χ2n) is 8.55. The second kappa shape index (κ2) is 11.4. The van der Waals surface area contributed by atoms with E-state index in [0.717, 1.165) is 38.2 Å². The molecule has 1 saturated heterocycles. The van der Waals surface area contributed by atoms with Gasteiger partial charge in [-0.15, -0.1) is 24.0 Å². The molecule has 2 fully saturated rings. The van der Waals surface area contributed by atoms with E-state index in [0.29, 0.717) is 18.5 Å². The Labute approximate surface area is 182 Å². The van der Waals surface area contributed by atoms with Crippen molar-refractivity contribution in [2.24, 2.45) is 16.3 Å². The molecule has 6 nitrogen and oxygen atoms in total. The zero-order chi connectivity index (χ0) is 19.2. The molecule has 0 aromatic carbocycles. The first-order valence-corrected chi connectivity index (χ1v) is 10.3. The van der Waals surface area contributed by atoms with E-state index in [1.54, 1.807) is 4.90 Å². The van der Waals surface area contributed by atoms with E-state index in [4.69, 9.17) is 0 Å². The maximum atomic E-state index is 12.7. The average molecular weight is 493 g/mol. The van der Waals surface area contributed by atoms with Gasteiger partial charge in [-0.25, -0.2) is 0 Å². The van der Waals surface area contributed by atoms with Crippen molar-refractivity contribution in [2.75, 3.05) is 47.3 Å². The van der Waals surface area contributed by atoms with Crippen molar-refractivity contribution in [1.82, 2.24) is 20.4 Å². The van der Waals surface area contributed by atoms with Crippen molar-refractivity contribution in [3.05, 3.63) is 0 Å². The maximum absolute atomic E-state index is 12.7. The van der Waals surface area contributed by atoms with Crippen LogP contribution in [-0.4, -0.2) is 75.0 Å². The largest absolute Gasteiger partial charge is 0.355 e. The van der Waals surface area contributed by atoms with Gasteiger partial charge in [-0.3, -0.25) is 14.7 Å². The summed E-state index contributed by atoms with van der Waals surface area (Å²) in [4.78, 5) is 21.4. The predicted octanol–water partition coefficient (Wildman–Crippen LogP) is 2.54. The number of hydrogen-bond acceptors (Lipinski definition) is 3. The molecular weight excluding hydrogens is 453 g/mol. The molecule has 2 aliphatic rings. The Morgan fingerprint density at radius 3 is 2.19 bits per heavy atom. The molecule has 7 heteroatoms. The molecule has 0 spiro atoms. The standard InChI is InChI=1S/C20H39N5O.HI/c1-16(2)17(25-12-8-9-13-25)14-22-19(21-3)23-15-20(10-6-7-11-20)18(26)24(4)5;/h16-17H,6-15H2,1-5H3,(H2,21,22,23);1H. The molecule has 1 unspecified atom stereocenters. The molecule has 1 aliphatic carbocycles. The quantitative estimate of drug-likeness (QED) is 0.325. The van der Waals surface area contributed by atoms with Gasteiger partial charge in [0.25, 0.3) is 0 Å². The molecule has 1 atom stereocenters. The molecule has 158 valence electrons. The first-order valence-electron chi connectivity index (χ1n) is 10.3. The van der Waals surface area contributed by atoms with Crippen LogP contribution in [0, 0.1) is 11.3 Å². The van der Waals surface area contributed by atoms with Gasteiger partial charge < -0.3 is 15.5 Å². The van der Waals surface area contributed by atoms with Crippen LogP contribution in [0.2, 0.25) is 0 Å². The van der Waals surface area contributed by atoms with Crippen molar-refractivity contribution in [3.8, 4) is 0 Å². The smallest absolute Gasteiger partial charge is 0.230 e. The van der Waals surface area contributed by atoms with Crippen LogP contribution in [0.1, 0.15) is 52.4 Å². The van der Waals surface area contributed by atoms with Gasteiger partial charge in [0.2, 0.25) is 5.91 Å². The lowest BCUT2D eigenvalue weighted by molar-refractivity contribution is -0.138. The summed E-state index contributed by atoms with van der Waals surface area (Å²) in [7, 11) is 5.53. The van der Waals surface area contributed by atoms with Crippen LogP contribution in [0.4, 0.5) is 0 Å². The van der Waals surface area contributed by atoms with E-state index in [1.807, 2.05) is 21.1 Å². The molecule has 0 bridgehead atoms. The topological polar surface area (TPSA) is 60.0 Å². The fourth-order valence-electron chi connectivity index (χ4n) is 4.53. The normalized spacial score (nSPS) is 21.0. The van der Waals surface area contributed by atoms with Gasteiger partial charge in [0.15, 0.2) is 5.96 Å². The Bertz CT molecular complexity index is 483. The first kappa shape index (κ1) is 24.5. The zero-order valence-corrected chi connectivity index (χ0v) is 20.2. The lowest BCUT2D eigenvalue weighted by Crippen LogP contribution is -2.52. The number of halogens is 1. The minimum absolute atomic E-state index is 0. The number of carbonyl (C=O) groups excluding carboxylic acids is 1. The molecule has 0 aromatic rings. The van der Waals surface area contributed by atoms with E-state index in [1.165, 1.54) is 25.9 Å². The number of hydrogen-bond donors (Lipinski definition) is 2. The first-order chi connectivity index (χ1) is 12.4. The van der Waals surface area contributed by atoms with E-state index in [2.05, 4.69) is 34.4 Å². The fraction of sp³-hybridized carbons (Fsp3) is 0.900. The summed E-state index contributed by atoms with van der Waals surface area (Å²) in [6, 6.07) is 0.528. The summed E-state index contributed by atoms with van der Waals surface area (Å²) >= 11 is 0. The van der Waals surface area contributed by atoms with E-state index in [-0.39, 0.29) is 35.3 Å². The van der Waals surface area contributed by atoms with Crippen LogP contribution in [0.25, 0.3) is 0 Å². The van der Waals surface area contributed by atoms with Crippen LogP contribution >= 0.6 is 24.0 Å². The summed E-state index contributed by atoms with van der Waals surface area (Å²) < 4.78 is 0. The van der Waals surface area contributed by atoms with E-state index < -0.39 is 0 Å². The van der Waals surface area contributed by atoms with Gasteiger partial charge in [-0.05, 0) is 44.7 Å². The van der Waals surface area contributed by atoms with Crippen molar-refractivity contribution in [3.63, 3.8) is 0 Å². The average Bonchev–Trinajstić information content (AvgIpc) is 3.29. The number of carbonyl (C=O) groups is 1. The highest BCUT2D eigenvalue weighted by Gasteiger charge is 2.42. The molecule has 1 amide bonds. The van der Waals surface area contributed by atoms with Crippen molar-refractivity contribution in [1.29, 1.82) is 0 Å². The second-order valence-corrected chi connectivity index (χ2v) is 8.55. The highest BCUT2D eigenvalue weighted by atomic mass is 127. The highest BCUT2D eigenvalue weighted by molar-refractivity contribution is 14.0. The Hall–Kier alpha value is -0.570. The number of nitrogens with one attached hydrogen (secondary N) is 2. The van der Waals surface area contributed by atoms with Gasteiger partial charge >= 0.3 is 0 Å². The molecule has 0 radical (unpaired) electrons. The summed E-state index contributed by atoms with van der Waals surface area (Å²) in [6.45, 7) is 8.56. The third-order valence-corrected chi connectivity index (χ3v) is 6.10. The number of amides is 1. The third kappa shape index (κ3) is 6.48. The van der Waals surface area contributed by atoms with Crippen LogP contribution in [0.3, 0.4) is 0 Å². The minimum Gasteiger partial charge on any atom is -0.355 e. The number of aliphatic imine (C=N–C) groups is 1. The molecule has 1 heterocycles. The van der Waals surface area contributed by atoms with Crippen LogP contribution in [0.15, 0.2) is 4.99 Å². The maximum Gasteiger partial charge on any atom is 0.230 e. The van der Waals surface area contributed by atoms with Gasteiger partial charge in [0, 0.05) is 40.3 Å². The summed E-state index contributed by atoms with van der Waals surface area (Å²) in [5.41, 5.74) is -0.270. The van der Waals surface area contributed by atoms with Crippen molar-refractivity contribution < 1.29 is 4.79 Å². The predicted molar refractivity (Wildman–Crippen MR) is 124 cm³/mol. The zero-order valence-electron chi connectivity index (χ0n) is 17.9. The van der Waals surface area contributed by atoms with E-state index >= 15 is 0 Å². The molecular formula is C20H40IN5O. The van der Waals surface area contributed by atoms with Gasteiger partial charge in [0.1, 0.15) is 0 Å². The molecule has 1 aliphatic heterocycles. The minimum atomic E-state index is -0.270. The molecule has 27 heavy (non-hydrogen) atoms. The van der Waals surface area contributed by atoms with Gasteiger partial charge in [-0.2, -0.15) is 0 Å². The molecule has 0 aromatic heterocycles. The summed E-state index contributed by atoms with van der Waals surface area (Å²) in [6.07, 6.45) is 6.83. The lowest BCUT2D eigenvalue weighted by atomic mass is 9.84. The Morgan fingerprint density at radius 1 is 1.11 bits per heavy atom. The van der Waals surface area contributed by atoms with Crippen LogP contribution < -0.4 is 10.6 Å². The number of likely N-dealkylation sites (tertiary alicyclic amines) is 1. The Morgan fingerprint density at radius 2 is 1.70 bits per heavy atom.